The van der Waals surface area contributed by atoms with Gasteiger partial charge in [-0.1, -0.05) is 36.7 Å². The molecular formula is C18H19ClN2O. The van der Waals surface area contributed by atoms with Crippen molar-refractivity contribution in [3.8, 4) is 5.75 Å². The van der Waals surface area contributed by atoms with E-state index in [-0.39, 0.29) is 0 Å². The fourth-order valence-electron chi connectivity index (χ4n) is 2.59. The smallest absolute Gasteiger partial charge is 0.147 e. The molecule has 1 aromatic heterocycles. The second kappa shape index (κ2) is 6.41. The Morgan fingerprint density at radius 3 is 2.77 bits per heavy atom. The first-order chi connectivity index (χ1) is 10.7. The van der Waals surface area contributed by atoms with Crippen LogP contribution in [0.3, 0.4) is 0 Å². The highest BCUT2D eigenvalue weighted by Crippen LogP contribution is 2.23. The summed E-state index contributed by atoms with van der Waals surface area (Å²) in [5.41, 5.74) is 3.16. The Bertz CT molecular complexity index is 795. The summed E-state index contributed by atoms with van der Waals surface area (Å²) in [5.74, 6) is 1.83. The van der Waals surface area contributed by atoms with E-state index < -0.39 is 0 Å². The highest BCUT2D eigenvalue weighted by Gasteiger charge is 2.11. The number of para-hydroxylation sites is 1. The summed E-state index contributed by atoms with van der Waals surface area (Å²) >= 11 is 6.12. The average molecular weight is 315 g/mol. The first-order valence-corrected chi connectivity index (χ1v) is 7.90. The Labute approximate surface area is 135 Å². The molecule has 3 rings (SSSR count). The third kappa shape index (κ3) is 2.95. The van der Waals surface area contributed by atoms with Crippen LogP contribution in [0.5, 0.6) is 5.75 Å². The van der Waals surface area contributed by atoms with Crippen molar-refractivity contribution in [2.75, 3.05) is 0 Å². The van der Waals surface area contributed by atoms with Crippen LogP contribution in [0.1, 0.15) is 24.7 Å². The van der Waals surface area contributed by atoms with E-state index in [1.807, 2.05) is 49.4 Å². The Balaban J connectivity index is 1.92. The van der Waals surface area contributed by atoms with Gasteiger partial charge in [-0.25, -0.2) is 4.98 Å². The molecule has 0 aliphatic carbocycles. The number of aryl methyl sites for hydroxylation is 2. The molecule has 3 aromatic rings. The molecule has 0 spiro atoms. The molecular weight excluding hydrogens is 296 g/mol. The number of benzene rings is 2. The summed E-state index contributed by atoms with van der Waals surface area (Å²) < 4.78 is 8.15. The number of rotatable bonds is 5. The highest BCUT2D eigenvalue weighted by molar-refractivity contribution is 6.31. The molecule has 0 fully saturated rings. The van der Waals surface area contributed by atoms with E-state index in [0.717, 1.165) is 46.2 Å². The maximum absolute atomic E-state index is 6.12. The van der Waals surface area contributed by atoms with Crippen LogP contribution in [0.25, 0.3) is 11.0 Å². The molecule has 3 nitrogen and oxygen atoms in total. The number of ether oxygens (including phenoxy) is 1. The van der Waals surface area contributed by atoms with Crippen LogP contribution in [-0.4, -0.2) is 9.55 Å². The molecule has 2 aromatic carbocycles. The predicted octanol–water partition coefficient (Wildman–Crippen LogP) is 4.99. The zero-order valence-electron chi connectivity index (χ0n) is 12.8. The van der Waals surface area contributed by atoms with Gasteiger partial charge in [-0.3, -0.25) is 0 Å². The molecule has 0 radical (unpaired) electrons. The molecule has 0 saturated carbocycles. The normalized spacial score (nSPS) is 11.0. The van der Waals surface area contributed by atoms with Gasteiger partial charge in [-0.2, -0.15) is 0 Å². The Kier molecular flexibility index (Phi) is 4.34. The lowest BCUT2D eigenvalue weighted by molar-refractivity contribution is 0.288. The van der Waals surface area contributed by atoms with Gasteiger partial charge >= 0.3 is 0 Å². The first kappa shape index (κ1) is 14.9. The Hall–Kier alpha value is -2.00. The van der Waals surface area contributed by atoms with Crippen LogP contribution in [0.2, 0.25) is 5.02 Å². The quantitative estimate of drug-likeness (QED) is 0.663. The number of halogens is 1. The summed E-state index contributed by atoms with van der Waals surface area (Å²) in [6.45, 7) is 5.56. The van der Waals surface area contributed by atoms with Crippen molar-refractivity contribution >= 4 is 22.6 Å². The lowest BCUT2D eigenvalue weighted by Crippen LogP contribution is -2.07. The van der Waals surface area contributed by atoms with E-state index in [1.54, 1.807) is 0 Å². The average Bonchev–Trinajstić information content (AvgIpc) is 2.84. The van der Waals surface area contributed by atoms with Crippen LogP contribution in [0.4, 0.5) is 0 Å². The maximum Gasteiger partial charge on any atom is 0.147 e. The van der Waals surface area contributed by atoms with E-state index >= 15 is 0 Å². The minimum Gasteiger partial charge on any atom is -0.485 e. The van der Waals surface area contributed by atoms with Crippen LogP contribution < -0.4 is 4.74 Å². The van der Waals surface area contributed by atoms with Crippen molar-refractivity contribution in [1.82, 2.24) is 9.55 Å². The number of hydrogen-bond acceptors (Lipinski definition) is 2. The van der Waals surface area contributed by atoms with E-state index in [2.05, 4.69) is 11.5 Å². The van der Waals surface area contributed by atoms with Gasteiger partial charge in [0, 0.05) is 11.6 Å². The second-order valence-corrected chi connectivity index (χ2v) is 5.80. The van der Waals surface area contributed by atoms with Gasteiger partial charge in [0.25, 0.3) is 0 Å². The summed E-state index contributed by atoms with van der Waals surface area (Å²) in [5, 5.41) is 0.733. The minimum absolute atomic E-state index is 0.456. The molecule has 114 valence electrons. The zero-order valence-corrected chi connectivity index (χ0v) is 13.6. The molecule has 0 unspecified atom stereocenters. The lowest BCUT2D eigenvalue weighted by atomic mass is 10.2. The number of fused-ring (bicyclic) bond motifs is 1. The Morgan fingerprint density at radius 1 is 1.18 bits per heavy atom. The van der Waals surface area contributed by atoms with Crippen LogP contribution in [-0.2, 0) is 13.2 Å². The van der Waals surface area contributed by atoms with Crippen molar-refractivity contribution in [2.45, 2.75) is 33.4 Å². The highest BCUT2D eigenvalue weighted by atomic mass is 35.5. The van der Waals surface area contributed by atoms with Crippen molar-refractivity contribution in [3.05, 3.63) is 58.9 Å². The van der Waals surface area contributed by atoms with Gasteiger partial charge in [0.05, 0.1) is 11.0 Å². The molecule has 22 heavy (non-hydrogen) atoms. The molecule has 4 heteroatoms. The van der Waals surface area contributed by atoms with Crippen LogP contribution >= 0.6 is 11.6 Å². The summed E-state index contributed by atoms with van der Waals surface area (Å²) in [4.78, 5) is 4.70. The van der Waals surface area contributed by atoms with E-state index in [4.69, 9.17) is 21.3 Å². The van der Waals surface area contributed by atoms with Crippen molar-refractivity contribution < 1.29 is 4.74 Å². The second-order valence-electron chi connectivity index (χ2n) is 5.37. The summed E-state index contributed by atoms with van der Waals surface area (Å²) in [7, 11) is 0. The van der Waals surface area contributed by atoms with Crippen molar-refractivity contribution in [2.24, 2.45) is 0 Å². The third-order valence-electron chi connectivity index (χ3n) is 3.69. The lowest BCUT2D eigenvalue weighted by Gasteiger charge is -2.11. The number of hydrogen-bond donors (Lipinski definition) is 0. The van der Waals surface area contributed by atoms with Gasteiger partial charge in [0.1, 0.15) is 18.2 Å². The number of nitrogens with zero attached hydrogens (tertiary/aromatic N) is 2. The van der Waals surface area contributed by atoms with Gasteiger partial charge in [-0.05, 0) is 43.2 Å². The van der Waals surface area contributed by atoms with Crippen LogP contribution in [0, 0.1) is 6.92 Å². The SMILES string of the molecule is CCCn1c(COc2ccccc2C)nc2ccc(Cl)cc21. The van der Waals surface area contributed by atoms with E-state index in [0.29, 0.717) is 6.61 Å². The molecule has 1 heterocycles. The molecule has 0 aliphatic heterocycles. The van der Waals surface area contributed by atoms with Crippen molar-refractivity contribution in [1.29, 1.82) is 0 Å². The zero-order chi connectivity index (χ0) is 15.5. The van der Waals surface area contributed by atoms with Crippen LogP contribution in [0.15, 0.2) is 42.5 Å². The Morgan fingerprint density at radius 2 is 2.00 bits per heavy atom. The topological polar surface area (TPSA) is 27.1 Å². The number of imidazole rings is 1. The van der Waals surface area contributed by atoms with E-state index in [1.165, 1.54) is 0 Å². The summed E-state index contributed by atoms with van der Waals surface area (Å²) in [6.07, 6.45) is 1.04. The third-order valence-corrected chi connectivity index (χ3v) is 3.92. The molecule has 0 amide bonds. The standard InChI is InChI=1S/C18H19ClN2O/c1-3-10-21-16-11-14(19)8-9-15(16)20-18(21)12-22-17-7-5-4-6-13(17)2/h4-9,11H,3,10,12H2,1-2H3. The fraction of sp³-hybridized carbons (Fsp3) is 0.278. The molecule has 0 N–H and O–H groups in total. The fourth-order valence-corrected chi connectivity index (χ4v) is 2.76. The van der Waals surface area contributed by atoms with E-state index in [9.17, 15) is 0 Å². The molecule has 0 aliphatic rings. The molecule has 0 atom stereocenters. The van der Waals surface area contributed by atoms with Crippen molar-refractivity contribution in [3.63, 3.8) is 0 Å². The number of aromatic nitrogens is 2. The van der Waals surface area contributed by atoms with Gasteiger partial charge in [-0.15, -0.1) is 0 Å². The van der Waals surface area contributed by atoms with Gasteiger partial charge in [0.2, 0.25) is 0 Å². The monoisotopic (exact) mass is 314 g/mol. The van der Waals surface area contributed by atoms with Gasteiger partial charge in [0.15, 0.2) is 0 Å². The molecule has 0 bridgehead atoms. The maximum atomic E-state index is 6.12. The largest absolute Gasteiger partial charge is 0.485 e. The first-order valence-electron chi connectivity index (χ1n) is 7.52. The molecule has 0 saturated heterocycles. The summed E-state index contributed by atoms with van der Waals surface area (Å²) in [6, 6.07) is 13.8. The van der Waals surface area contributed by atoms with Gasteiger partial charge < -0.3 is 9.30 Å². The minimum atomic E-state index is 0.456. The predicted molar refractivity (Wildman–Crippen MR) is 90.5 cm³/mol.